The highest BCUT2D eigenvalue weighted by Gasteiger charge is 2.32. The van der Waals surface area contributed by atoms with E-state index in [0.717, 1.165) is 25.7 Å². The van der Waals surface area contributed by atoms with Gasteiger partial charge in [-0.3, -0.25) is 9.59 Å². The highest BCUT2D eigenvalue weighted by Crippen LogP contribution is 2.23. The van der Waals surface area contributed by atoms with Crippen LogP contribution in [0.4, 0.5) is 0 Å². The van der Waals surface area contributed by atoms with Crippen LogP contribution in [0.25, 0.3) is 0 Å². The van der Waals surface area contributed by atoms with Crippen molar-refractivity contribution in [2.75, 3.05) is 13.1 Å². The molecule has 1 N–H and O–H groups in total. The summed E-state index contributed by atoms with van der Waals surface area (Å²) in [7, 11) is 0. The molecule has 0 aromatic heterocycles. The second-order valence-corrected chi connectivity index (χ2v) is 8.25. The fourth-order valence-corrected chi connectivity index (χ4v) is 3.28. The summed E-state index contributed by atoms with van der Waals surface area (Å²) in [5.41, 5.74) is 0.957. The Labute approximate surface area is 152 Å². The number of likely N-dealkylation sites (tertiary alicyclic amines) is 1. The van der Waals surface area contributed by atoms with Crippen LogP contribution >= 0.6 is 0 Å². The van der Waals surface area contributed by atoms with Gasteiger partial charge in [-0.2, -0.15) is 0 Å². The van der Waals surface area contributed by atoms with Gasteiger partial charge in [-0.05, 0) is 38.2 Å². The number of hydrogen-bond donors (Lipinski definition) is 1. The molecule has 1 aliphatic heterocycles. The predicted molar refractivity (Wildman–Crippen MR) is 101 cm³/mol. The average Bonchev–Trinajstić information content (AvgIpc) is 2.59. The molecule has 1 atom stereocenters. The minimum Gasteiger partial charge on any atom is -0.353 e. The van der Waals surface area contributed by atoms with Gasteiger partial charge < -0.3 is 10.2 Å². The van der Waals surface area contributed by atoms with Crippen LogP contribution in [-0.2, 0) is 16.0 Å². The lowest BCUT2D eigenvalue weighted by atomic mass is 9.90. The van der Waals surface area contributed by atoms with E-state index in [1.54, 1.807) is 0 Å². The van der Waals surface area contributed by atoms with Crippen molar-refractivity contribution >= 4 is 11.8 Å². The van der Waals surface area contributed by atoms with Crippen molar-refractivity contribution < 1.29 is 9.59 Å². The molecule has 1 heterocycles. The molecule has 1 aromatic carbocycles. The van der Waals surface area contributed by atoms with Crippen molar-refractivity contribution in [3.63, 3.8) is 0 Å². The second-order valence-electron chi connectivity index (χ2n) is 8.25. The van der Waals surface area contributed by atoms with E-state index >= 15 is 0 Å². The molecular formula is C21H32N2O2. The number of piperidine rings is 1. The highest BCUT2D eigenvalue weighted by atomic mass is 16.2. The van der Waals surface area contributed by atoms with Crippen molar-refractivity contribution in [2.24, 2.45) is 11.3 Å². The Morgan fingerprint density at radius 2 is 1.76 bits per heavy atom. The van der Waals surface area contributed by atoms with Crippen molar-refractivity contribution in [3.05, 3.63) is 35.9 Å². The molecule has 0 spiro atoms. The maximum Gasteiger partial charge on any atom is 0.227 e. The zero-order valence-corrected chi connectivity index (χ0v) is 16.0. The van der Waals surface area contributed by atoms with E-state index in [2.05, 4.69) is 24.4 Å². The third-order valence-electron chi connectivity index (χ3n) is 4.89. The minimum atomic E-state index is -0.346. The number of nitrogens with one attached hydrogen (secondary N) is 1. The first-order valence-corrected chi connectivity index (χ1v) is 9.41. The molecule has 0 radical (unpaired) electrons. The predicted octanol–water partition coefficient (Wildman–Crippen LogP) is 3.41. The summed E-state index contributed by atoms with van der Waals surface area (Å²) in [5.74, 6) is 0.356. The summed E-state index contributed by atoms with van der Waals surface area (Å²) in [4.78, 5) is 26.7. The fraction of sp³-hybridized carbons (Fsp3) is 0.619. The van der Waals surface area contributed by atoms with E-state index in [-0.39, 0.29) is 29.2 Å². The number of rotatable bonds is 5. The molecule has 0 saturated carbocycles. The Morgan fingerprint density at radius 3 is 2.32 bits per heavy atom. The average molecular weight is 344 g/mol. The summed E-state index contributed by atoms with van der Waals surface area (Å²) in [6.07, 6.45) is 3.44. The zero-order valence-electron chi connectivity index (χ0n) is 16.0. The Balaban J connectivity index is 1.74. The van der Waals surface area contributed by atoms with Crippen molar-refractivity contribution in [3.8, 4) is 0 Å². The van der Waals surface area contributed by atoms with Crippen molar-refractivity contribution in [1.82, 2.24) is 10.2 Å². The summed E-state index contributed by atoms with van der Waals surface area (Å²) in [6.45, 7) is 9.28. The Morgan fingerprint density at radius 1 is 1.16 bits per heavy atom. The monoisotopic (exact) mass is 344 g/mol. The van der Waals surface area contributed by atoms with Gasteiger partial charge in [0.05, 0.1) is 0 Å². The number of aryl methyl sites for hydroxylation is 1. The molecule has 1 aromatic rings. The van der Waals surface area contributed by atoms with Crippen LogP contribution in [0.1, 0.15) is 52.5 Å². The molecule has 1 unspecified atom stereocenters. The number of hydrogen-bond acceptors (Lipinski definition) is 2. The normalized spacial score (nSPS) is 17.2. The molecule has 1 saturated heterocycles. The fourth-order valence-electron chi connectivity index (χ4n) is 3.28. The molecule has 138 valence electrons. The standard InChI is InChI=1S/C21H32N2O2/c1-16(10-11-17-8-6-5-7-9-17)22-19(24)18-12-14-23(15-13-18)20(25)21(2,3)4/h5-9,16,18H,10-15H2,1-4H3,(H,22,24). The number of amides is 2. The van der Waals surface area contributed by atoms with Crippen LogP contribution in [0.5, 0.6) is 0 Å². The minimum absolute atomic E-state index is 0.0307. The summed E-state index contributed by atoms with van der Waals surface area (Å²) in [5, 5.41) is 3.15. The first-order valence-electron chi connectivity index (χ1n) is 9.41. The van der Waals surface area contributed by atoms with Crippen molar-refractivity contribution in [1.29, 1.82) is 0 Å². The number of nitrogens with zero attached hydrogens (tertiary/aromatic N) is 1. The lowest BCUT2D eigenvalue weighted by Crippen LogP contribution is -2.47. The van der Waals surface area contributed by atoms with E-state index in [0.29, 0.717) is 13.1 Å². The van der Waals surface area contributed by atoms with Crippen LogP contribution in [-0.4, -0.2) is 35.8 Å². The third kappa shape index (κ3) is 5.87. The van der Waals surface area contributed by atoms with Crippen LogP contribution in [0.3, 0.4) is 0 Å². The molecule has 0 aliphatic carbocycles. The third-order valence-corrected chi connectivity index (χ3v) is 4.89. The summed E-state index contributed by atoms with van der Waals surface area (Å²) < 4.78 is 0. The Hall–Kier alpha value is -1.84. The Bertz CT molecular complexity index is 569. The number of carbonyl (C=O) groups is 2. The highest BCUT2D eigenvalue weighted by molar-refractivity contribution is 5.82. The summed E-state index contributed by atoms with van der Waals surface area (Å²) in [6, 6.07) is 10.5. The Kier molecular flexibility index (Phi) is 6.63. The molecule has 1 fully saturated rings. The topological polar surface area (TPSA) is 49.4 Å². The maximum absolute atomic E-state index is 12.5. The lowest BCUT2D eigenvalue weighted by molar-refractivity contribution is -0.142. The van der Waals surface area contributed by atoms with Crippen LogP contribution in [0.15, 0.2) is 30.3 Å². The quantitative estimate of drug-likeness (QED) is 0.890. The lowest BCUT2D eigenvalue weighted by Gasteiger charge is -2.35. The van der Waals surface area contributed by atoms with Gasteiger partial charge in [0.1, 0.15) is 0 Å². The molecule has 1 aliphatic rings. The molecule has 2 amide bonds. The van der Waals surface area contributed by atoms with Gasteiger partial charge >= 0.3 is 0 Å². The van der Waals surface area contributed by atoms with Gasteiger partial charge in [0.25, 0.3) is 0 Å². The van der Waals surface area contributed by atoms with Gasteiger partial charge in [-0.1, -0.05) is 51.1 Å². The first kappa shape index (κ1) is 19.5. The van der Waals surface area contributed by atoms with Crippen molar-refractivity contribution in [2.45, 2.75) is 59.4 Å². The molecule has 2 rings (SSSR count). The molecule has 25 heavy (non-hydrogen) atoms. The van der Waals surface area contributed by atoms with Gasteiger partial charge in [-0.25, -0.2) is 0 Å². The zero-order chi connectivity index (χ0) is 18.4. The maximum atomic E-state index is 12.5. The van der Waals surface area contributed by atoms with Gasteiger partial charge in [0, 0.05) is 30.5 Å². The largest absolute Gasteiger partial charge is 0.353 e. The summed E-state index contributed by atoms with van der Waals surface area (Å²) >= 11 is 0. The van der Waals surface area contributed by atoms with Gasteiger partial charge in [0.15, 0.2) is 0 Å². The molecule has 0 bridgehead atoms. The first-order chi connectivity index (χ1) is 11.8. The molecular weight excluding hydrogens is 312 g/mol. The number of carbonyl (C=O) groups excluding carboxylic acids is 2. The van der Waals surface area contributed by atoms with E-state index in [1.165, 1.54) is 5.56 Å². The molecule has 4 heteroatoms. The van der Waals surface area contributed by atoms with Crippen LogP contribution in [0, 0.1) is 11.3 Å². The van der Waals surface area contributed by atoms with E-state index in [9.17, 15) is 9.59 Å². The van der Waals surface area contributed by atoms with Gasteiger partial charge in [-0.15, -0.1) is 0 Å². The smallest absolute Gasteiger partial charge is 0.227 e. The SMILES string of the molecule is CC(CCc1ccccc1)NC(=O)C1CCN(C(=O)C(C)(C)C)CC1. The van der Waals surface area contributed by atoms with Gasteiger partial charge in [0.2, 0.25) is 11.8 Å². The van der Waals surface area contributed by atoms with Crippen LogP contribution < -0.4 is 5.32 Å². The van der Waals surface area contributed by atoms with E-state index in [4.69, 9.17) is 0 Å². The van der Waals surface area contributed by atoms with Crippen LogP contribution in [0.2, 0.25) is 0 Å². The second kappa shape index (κ2) is 8.50. The van der Waals surface area contributed by atoms with E-state index < -0.39 is 0 Å². The molecule has 4 nitrogen and oxygen atoms in total. The number of benzene rings is 1. The van der Waals surface area contributed by atoms with E-state index in [1.807, 2.05) is 43.9 Å².